The molecule has 1 unspecified atom stereocenters. The number of nitrogens with one attached hydrogen (secondary N) is 1. The Balaban J connectivity index is 2.00. The number of rotatable bonds is 10. The fourth-order valence-corrected chi connectivity index (χ4v) is 3.90. The number of hydrogen-bond acceptors (Lipinski definition) is 4. The summed E-state index contributed by atoms with van der Waals surface area (Å²) >= 11 is 0. The zero-order valence-electron chi connectivity index (χ0n) is 15.3. The molecule has 2 aromatic carbocycles. The fourth-order valence-electron chi connectivity index (χ4n) is 2.39. The molecule has 0 aliphatic rings. The first-order chi connectivity index (χ1) is 12.7. The summed E-state index contributed by atoms with van der Waals surface area (Å²) in [5, 5.41) is 2.92. The molecule has 0 aliphatic carbocycles. The van der Waals surface area contributed by atoms with Crippen LogP contribution in [0.2, 0.25) is 0 Å². The third kappa shape index (κ3) is 7.12. The van der Waals surface area contributed by atoms with Gasteiger partial charge in [-0.1, -0.05) is 60.7 Å². The van der Waals surface area contributed by atoms with Gasteiger partial charge in [-0.2, -0.15) is 0 Å². The lowest BCUT2D eigenvalue weighted by molar-refractivity contribution is 0.136. The molecule has 1 atom stereocenters. The molecule has 140 valence electrons. The van der Waals surface area contributed by atoms with Crippen molar-refractivity contribution in [2.24, 2.45) is 0 Å². The maximum absolute atomic E-state index is 12.3. The average molecular weight is 375 g/mol. The van der Waals surface area contributed by atoms with Crippen molar-refractivity contribution in [1.82, 2.24) is 5.32 Å². The molecule has 1 N–H and O–H groups in total. The van der Waals surface area contributed by atoms with Crippen LogP contribution < -0.4 is 5.32 Å². The van der Waals surface area contributed by atoms with Crippen molar-refractivity contribution in [1.29, 1.82) is 0 Å². The smallest absolute Gasteiger partial charge is 0.408 e. The first-order valence-electron chi connectivity index (χ1n) is 8.79. The largest absolute Gasteiger partial charge is 0.445 e. The highest BCUT2D eigenvalue weighted by atomic mass is 31.2. The Morgan fingerprint density at radius 3 is 2.00 bits per heavy atom. The van der Waals surface area contributed by atoms with Gasteiger partial charge in [0.25, 0.3) is 0 Å². The molecule has 0 aromatic heterocycles. The van der Waals surface area contributed by atoms with E-state index in [1.54, 1.807) is 0 Å². The summed E-state index contributed by atoms with van der Waals surface area (Å²) in [5.74, 6) is -0.282. The SMILES string of the molecule is CCOP(OCC)C(Cc1ccccc1)NC(=O)OCc1ccccc1. The van der Waals surface area contributed by atoms with Crippen LogP contribution in [0, 0.1) is 0 Å². The summed E-state index contributed by atoms with van der Waals surface area (Å²) in [7, 11) is -1.26. The van der Waals surface area contributed by atoms with Crippen molar-refractivity contribution in [3.63, 3.8) is 0 Å². The van der Waals surface area contributed by atoms with E-state index in [2.05, 4.69) is 5.32 Å². The van der Waals surface area contributed by atoms with Crippen LogP contribution in [-0.2, 0) is 26.8 Å². The van der Waals surface area contributed by atoms with Crippen LogP contribution in [0.15, 0.2) is 60.7 Å². The maximum atomic E-state index is 12.3. The Morgan fingerprint density at radius 2 is 1.46 bits per heavy atom. The molecule has 0 heterocycles. The van der Waals surface area contributed by atoms with Gasteiger partial charge in [0, 0.05) is 6.42 Å². The van der Waals surface area contributed by atoms with Gasteiger partial charge in [-0.3, -0.25) is 0 Å². The van der Waals surface area contributed by atoms with Crippen LogP contribution in [-0.4, -0.2) is 25.1 Å². The second-order valence-corrected chi connectivity index (χ2v) is 7.24. The van der Waals surface area contributed by atoms with E-state index in [0.29, 0.717) is 19.6 Å². The number of carbonyl (C=O) groups is 1. The molecule has 6 heteroatoms. The van der Waals surface area contributed by atoms with E-state index in [0.717, 1.165) is 11.1 Å². The van der Waals surface area contributed by atoms with Gasteiger partial charge in [0.05, 0.1) is 13.2 Å². The Labute approximate surface area is 156 Å². The minimum absolute atomic E-state index is 0.228. The number of ether oxygens (including phenoxy) is 1. The highest BCUT2D eigenvalue weighted by Gasteiger charge is 2.26. The zero-order chi connectivity index (χ0) is 18.6. The third-order valence-electron chi connectivity index (χ3n) is 3.54. The molecule has 0 spiro atoms. The van der Waals surface area contributed by atoms with Crippen molar-refractivity contribution < 1.29 is 18.6 Å². The van der Waals surface area contributed by atoms with Gasteiger partial charge in [0.2, 0.25) is 0 Å². The van der Waals surface area contributed by atoms with Gasteiger partial charge >= 0.3 is 6.09 Å². The van der Waals surface area contributed by atoms with E-state index in [-0.39, 0.29) is 12.4 Å². The Hall–Kier alpha value is -1.94. The lowest BCUT2D eigenvalue weighted by atomic mass is 10.1. The molecule has 0 saturated heterocycles. The first-order valence-corrected chi connectivity index (χ1v) is 10.0. The molecule has 2 aromatic rings. The van der Waals surface area contributed by atoms with E-state index >= 15 is 0 Å². The van der Waals surface area contributed by atoms with Crippen molar-refractivity contribution in [3.8, 4) is 0 Å². The molecule has 0 aliphatic heterocycles. The lowest BCUT2D eigenvalue weighted by Gasteiger charge is -2.26. The number of amides is 1. The van der Waals surface area contributed by atoms with Gasteiger partial charge in [0.1, 0.15) is 12.4 Å². The molecule has 0 radical (unpaired) electrons. The van der Waals surface area contributed by atoms with Crippen molar-refractivity contribution in [2.45, 2.75) is 32.7 Å². The van der Waals surface area contributed by atoms with Gasteiger partial charge in [-0.25, -0.2) is 4.79 Å². The monoisotopic (exact) mass is 375 g/mol. The van der Waals surface area contributed by atoms with Gasteiger partial charge in [0.15, 0.2) is 8.38 Å². The van der Waals surface area contributed by atoms with E-state index < -0.39 is 14.5 Å². The highest BCUT2D eigenvalue weighted by molar-refractivity contribution is 7.48. The van der Waals surface area contributed by atoms with Crippen LogP contribution in [0.1, 0.15) is 25.0 Å². The minimum Gasteiger partial charge on any atom is -0.445 e. The van der Waals surface area contributed by atoms with Crippen molar-refractivity contribution in [2.75, 3.05) is 13.2 Å². The second kappa shape index (κ2) is 11.6. The highest BCUT2D eigenvalue weighted by Crippen LogP contribution is 2.43. The third-order valence-corrected chi connectivity index (χ3v) is 5.38. The molecule has 0 fully saturated rings. The predicted molar refractivity (Wildman–Crippen MR) is 104 cm³/mol. The van der Waals surface area contributed by atoms with Gasteiger partial charge in [-0.05, 0) is 25.0 Å². The molecule has 2 rings (SSSR count). The van der Waals surface area contributed by atoms with Crippen LogP contribution in [0.3, 0.4) is 0 Å². The van der Waals surface area contributed by atoms with Gasteiger partial charge < -0.3 is 19.1 Å². The molecule has 5 nitrogen and oxygen atoms in total. The Bertz CT molecular complexity index is 633. The van der Waals surface area contributed by atoms with Crippen LogP contribution in [0.5, 0.6) is 0 Å². The first kappa shape index (κ1) is 20.4. The van der Waals surface area contributed by atoms with E-state index in [1.807, 2.05) is 74.5 Å². The summed E-state index contributed by atoms with van der Waals surface area (Å²) < 4.78 is 16.9. The fraction of sp³-hybridized carbons (Fsp3) is 0.350. The van der Waals surface area contributed by atoms with E-state index in [4.69, 9.17) is 13.8 Å². The molecule has 0 saturated carbocycles. The van der Waals surface area contributed by atoms with Crippen LogP contribution >= 0.6 is 8.38 Å². The topological polar surface area (TPSA) is 56.8 Å². The molecule has 1 amide bonds. The summed E-state index contributed by atoms with van der Waals surface area (Å²) in [6.07, 6.45) is 0.147. The minimum atomic E-state index is -1.26. The second-order valence-electron chi connectivity index (χ2n) is 5.53. The number of alkyl carbamates (subject to hydrolysis) is 1. The van der Waals surface area contributed by atoms with Crippen molar-refractivity contribution in [3.05, 3.63) is 71.8 Å². The molecular weight excluding hydrogens is 349 g/mol. The molecule has 0 bridgehead atoms. The zero-order valence-corrected chi connectivity index (χ0v) is 16.2. The van der Waals surface area contributed by atoms with Gasteiger partial charge in [-0.15, -0.1) is 0 Å². The molecular formula is C20H26NO4P. The quantitative estimate of drug-likeness (QED) is 0.602. The van der Waals surface area contributed by atoms with Crippen LogP contribution in [0.4, 0.5) is 4.79 Å². The van der Waals surface area contributed by atoms with Crippen LogP contribution in [0.25, 0.3) is 0 Å². The van der Waals surface area contributed by atoms with E-state index in [1.165, 1.54) is 0 Å². The predicted octanol–water partition coefficient (Wildman–Crippen LogP) is 4.87. The number of benzene rings is 2. The summed E-state index contributed by atoms with van der Waals surface area (Å²) in [6, 6.07) is 19.6. The molecule has 26 heavy (non-hydrogen) atoms. The maximum Gasteiger partial charge on any atom is 0.408 e. The normalized spacial score (nSPS) is 12.0. The van der Waals surface area contributed by atoms with E-state index in [9.17, 15) is 4.79 Å². The summed E-state index contributed by atoms with van der Waals surface area (Å²) in [4.78, 5) is 12.3. The standard InChI is InChI=1S/C20H26NO4P/c1-3-24-26(25-4-2)19(15-17-11-7-5-8-12-17)21-20(22)23-16-18-13-9-6-10-14-18/h5-14,19H,3-4,15-16H2,1-2H3,(H,21,22). The summed E-state index contributed by atoms with van der Waals surface area (Å²) in [6.45, 7) is 5.12. The Morgan fingerprint density at radius 1 is 0.923 bits per heavy atom. The summed E-state index contributed by atoms with van der Waals surface area (Å²) in [5.41, 5.74) is 2.05. The number of carbonyl (C=O) groups excluding carboxylic acids is 1. The van der Waals surface area contributed by atoms with Crippen molar-refractivity contribution >= 4 is 14.5 Å². The number of hydrogen-bond donors (Lipinski definition) is 1. The Kier molecular flexibility index (Phi) is 9.11. The lowest BCUT2D eigenvalue weighted by Crippen LogP contribution is -2.36. The average Bonchev–Trinajstić information content (AvgIpc) is 2.67.